The number of nitrogens with zero attached hydrogens (tertiary/aromatic N) is 1. The molecule has 0 spiro atoms. The van der Waals surface area contributed by atoms with Crippen LogP contribution in [0.15, 0.2) is 89.2 Å². The van der Waals surface area contributed by atoms with Gasteiger partial charge in [-0.2, -0.15) is 0 Å². The summed E-state index contributed by atoms with van der Waals surface area (Å²) in [7, 11) is -7.37. The Labute approximate surface area is 158 Å². The number of anilines is 1. The largest absolute Gasteiger partial charge is 0.264 e. The molecular weight excluding hydrogens is 382 g/mol. The van der Waals surface area contributed by atoms with E-state index in [1.807, 2.05) is 24.3 Å². The van der Waals surface area contributed by atoms with Crippen LogP contribution in [0.25, 0.3) is 10.8 Å². The molecule has 1 atom stereocenters. The quantitative estimate of drug-likeness (QED) is 0.675. The fourth-order valence-corrected chi connectivity index (χ4v) is 6.24. The third-order valence-corrected chi connectivity index (χ3v) is 7.73. The van der Waals surface area contributed by atoms with Gasteiger partial charge in [-0.1, -0.05) is 48.5 Å². The molecule has 0 unspecified atom stereocenters. The second-order valence-corrected chi connectivity index (χ2v) is 10.1. The zero-order valence-electron chi connectivity index (χ0n) is 14.3. The first-order valence-corrected chi connectivity index (χ1v) is 11.5. The first-order valence-electron chi connectivity index (χ1n) is 8.36. The molecule has 1 heterocycles. The van der Waals surface area contributed by atoms with Gasteiger partial charge in [-0.25, -0.2) is 16.8 Å². The molecule has 3 aromatic carbocycles. The second kappa shape index (κ2) is 6.51. The van der Waals surface area contributed by atoms with Crippen molar-refractivity contribution in [2.75, 3.05) is 10.1 Å². The zero-order chi connectivity index (χ0) is 19.1. The highest BCUT2D eigenvalue weighted by Gasteiger charge is 2.35. The van der Waals surface area contributed by atoms with Crippen LogP contribution >= 0.6 is 0 Å². The molecule has 4 rings (SSSR count). The predicted molar refractivity (Wildman–Crippen MR) is 107 cm³/mol. The number of sulfone groups is 1. The first kappa shape index (κ1) is 17.8. The number of hydrogen-bond donors (Lipinski definition) is 0. The lowest BCUT2D eigenvalue weighted by Gasteiger charge is -2.29. The van der Waals surface area contributed by atoms with Crippen molar-refractivity contribution in [3.8, 4) is 0 Å². The monoisotopic (exact) mass is 399 g/mol. The number of rotatable bonds is 4. The smallest absolute Gasteiger partial charge is 0.258 e. The van der Waals surface area contributed by atoms with Crippen LogP contribution < -0.4 is 4.31 Å². The van der Waals surface area contributed by atoms with Crippen molar-refractivity contribution in [3.63, 3.8) is 0 Å². The zero-order valence-corrected chi connectivity index (χ0v) is 15.9. The van der Waals surface area contributed by atoms with Crippen LogP contribution in [0, 0.1) is 0 Å². The van der Waals surface area contributed by atoms with Crippen LogP contribution in [-0.2, 0) is 19.9 Å². The van der Waals surface area contributed by atoms with Gasteiger partial charge in [-0.05, 0) is 41.1 Å². The Kier molecular flexibility index (Phi) is 4.28. The highest BCUT2D eigenvalue weighted by Crippen LogP contribution is 2.30. The summed E-state index contributed by atoms with van der Waals surface area (Å²) in [5.41, 5.74) is 0.428. The topological polar surface area (TPSA) is 71.5 Å². The molecule has 0 N–H and O–H groups in total. The van der Waals surface area contributed by atoms with Crippen molar-refractivity contribution in [2.45, 2.75) is 10.9 Å². The van der Waals surface area contributed by atoms with E-state index in [4.69, 9.17) is 0 Å². The number of hydrogen-bond acceptors (Lipinski definition) is 4. The molecule has 27 heavy (non-hydrogen) atoms. The van der Waals surface area contributed by atoms with Gasteiger partial charge in [-0.3, -0.25) is 4.31 Å². The Morgan fingerprint density at radius 3 is 2.19 bits per heavy atom. The van der Waals surface area contributed by atoms with Crippen molar-refractivity contribution in [2.24, 2.45) is 0 Å². The van der Waals surface area contributed by atoms with Crippen molar-refractivity contribution < 1.29 is 16.8 Å². The van der Waals surface area contributed by atoms with Gasteiger partial charge in [0, 0.05) is 5.41 Å². The van der Waals surface area contributed by atoms with Crippen molar-refractivity contribution in [1.29, 1.82) is 0 Å². The second-order valence-electron chi connectivity index (χ2n) is 6.37. The molecule has 1 aliphatic heterocycles. The van der Waals surface area contributed by atoms with E-state index in [1.165, 1.54) is 10.4 Å². The van der Waals surface area contributed by atoms with E-state index in [-0.39, 0.29) is 10.6 Å². The predicted octanol–water partition coefficient (Wildman–Crippen LogP) is 3.35. The molecule has 0 saturated heterocycles. The normalized spacial score (nSPS) is 18.6. The van der Waals surface area contributed by atoms with Crippen LogP contribution in [0.4, 0.5) is 5.69 Å². The van der Waals surface area contributed by atoms with Crippen molar-refractivity contribution >= 4 is 36.3 Å². The Bertz CT molecular complexity index is 1230. The summed E-state index contributed by atoms with van der Waals surface area (Å²) in [6.07, 6.45) is 1.43. The molecule has 0 radical (unpaired) electrons. The van der Waals surface area contributed by atoms with Gasteiger partial charge in [-0.15, -0.1) is 0 Å². The standard InChI is InChI=1S/C20H17NO4S2/c22-26(23)13-12-19(15-26)21(18-8-2-1-3-9-18)27(24,25)20-11-10-16-6-4-5-7-17(16)14-20/h1-14,19H,15H2/t19-/m1/s1. The minimum Gasteiger partial charge on any atom is -0.258 e. The lowest BCUT2D eigenvalue weighted by Crippen LogP contribution is -2.41. The summed E-state index contributed by atoms with van der Waals surface area (Å²) in [4.78, 5) is 0.128. The maximum absolute atomic E-state index is 13.5. The van der Waals surface area contributed by atoms with E-state index in [0.29, 0.717) is 5.69 Å². The maximum Gasteiger partial charge on any atom is 0.264 e. The van der Waals surface area contributed by atoms with Crippen molar-refractivity contribution in [3.05, 3.63) is 84.3 Å². The third kappa shape index (κ3) is 3.36. The Morgan fingerprint density at radius 2 is 1.52 bits per heavy atom. The summed E-state index contributed by atoms with van der Waals surface area (Å²) in [5, 5.41) is 2.83. The van der Waals surface area contributed by atoms with E-state index >= 15 is 0 Å². The van der Waals surface area contributed by atoms with Gasteiger partial charge in [0.25, 0.3) is 10.0 Å². The van der Waals surface area contributed by atoms with E-state index in [2.05, 4.69) is 0 Å². The van der Waals surface area contributed by atoms with Gasteiger partial charge >= 0.3 is 0 Å². The number of benzene rings is 3. The molecule has 5 nitrogen and oxygen atoms in total. The van der Waals surface area contributed by atoms with E-state index in [9.17, 15) is 16.8 Å². The first-order chi connectivity index (χ1) is 12.9. The SMILES string of the molecule is O=S1(=O)C=C[C@@H](N(c2ccccc2)S(=O)(=O)c2ccc3ccccc3c2)C1. The van der Waals surface area contributed by atoms with Crippen molar-refractivity contribution in [1.82, 2.24) is 0 Å². The fraction of sp³-hybridized carbons (Fsp3) is 0.100. The number of sulfonamides is 1. The molecule has 0 amide bonds. The number of fused-ring (bicyclic) bond motifs is 1. The summed E-state index contributed by atoms with van der Waals surface area (Å²) < 4.78 is 51.9. The fourth-order valence-electron chi connectivity index (χ4n) is 3.23. The Morgan fingerprint density at radius 1 is 0.852 bits per heavy atom. The molecule has 138 valence electrons. The highest BCUT2D eigenvalue weighted by molar-refractivity contribution is 7.95. The molecule has 3 aromatic rings. The van der Waals surface area contributed by atoms with Gasteiger partial charge < -0.3 is 0 Å². The van der Waals surface area contributed by atoms with Crippen LogP contribution in [0.5, 0.6) is 0 Å². The summed E-state index contributed by atoms with van der Waals surface area (Å²) >= 11 is 0. The minimum atomic E-state index is -3.96. The summed E-state index contributed by atoms with van der Waals surface area (Å²) in [5.74, 6) is -0.269. The summed E-state index contributed by atoms with van der Waals surface area (Å²) in [6, 6.07) is 20.2. The Balaban J connectivity index is 1.86. The molecular formula is C20H17NO4S2. The van der Waals surface area contributed by atoms with E-state index in [1.54, 1.807) is 48.5 Å². The van der Waals surface area contributed by atoms with Crippen LogP contribution in [0.2, 0.25) is 0 Å². The highest BCUT2D eigenvalue weighted by atomic mass is 32.2. The summed E-state index contributed by atoms with van der Waals surface area (Å²) in [6.45, 7) is 0. The van der Waals surface area contributed by atoms with Crippen LogP contribution in [0.3, 0.4) is 0 Å². The molecule has 7 heteroatoms. The molecule has 0 bridgehead atoms. The van der Waals surface area contributed by atoms with Gasteiger partial charge in [0.05, 0.1) is 22.4 Å². The maximum atomic E-state index is 13.5. The van der Waals surface area contributed by atoms with E-state index in [0.717, 1.165) is 16.2 Å². The molecule has 0 fully saturated rings. The molecule has 0 aromatic heterocycles. The Hall–Kier alpha value is -2.64. The van der Waals surface area contributed by atoms with Crippen LogP contribution in [0.1, 0.15) is 0 Å². The van der Waals surface area contributed by atoms with Gasteiger partial charge in [0.2, 0.25) is 0 Å². The lowest BCUT2D eigenvalue weighted by atomic mass is 10.1. The van der Waals surface area contributed by atoms with Gasteiger partial charge in [0.1, 0.15) is 0 Å². The average molecular weight is 399 g/mol. The average Bonchev–Trinajstić information content (AvgIpc) is 3.01. The number of para-hydroxylation sites is 1. The van der Waals surface area contributed by atoms with Gasteiger partial charge in [0.15, 0.2) is 9.84 Å². The molecule has 0 aliphatic carbocycles. The molecule has 0 saturated carbocycles. The molecule has 1 aliphatic rings. The minimum absolute atomic E-state index is 0.128. The van der Waals surface area contributed by atoms with E-state index < -0.39 is 25.9 Å². The van der Waals surface area contributed by atoms with Crippen LogP contribution in [-0.4, -0.2) is 28.6 Å². The third-order valence-electron chi connectivity index (χ3n) is 4.50. The lowest BCUT2D eigenvalue weighted by molar-refractivity contribution is 0.586.